The Labute approximate surface area is 139 Å². The van der Waals surface area contributed by atoms with Crippen molar-refractivity contribution in [2.75, 3.05) is 0 Å². The normalized spacial score (nSPS) is 14.2. The second-order valence-electron chi connectivity index (χ2n) is 5.36. The Bertz CT molecular complexity index is 756. The van der Waals surface area contributed by atoms with Gasteiger partial charge in [0.25, 0.3) is 0 Å². The number of rotatable bonds is 6. The summed E-state index contributed by atoms with van der Waals surface area (Å²) >= 11 is 0. The lowest BCUT2D eigenvalue weighted by Crippen LogP contribution is -2.11. The Hall–Kier alpha value is -2.05. The molecule has 0 aromatic heterocycles. The lowest BCUT2D eigenvalue weighted by molar-refractivity contribution is 0.139. The van der Waals surface area contributed by atoms with Crippen LogP contribution in [0.3, 0.4) is 0 Å². The van der Waals surface area contributed by atoms with Gasteiger partial charge in [-0.2, -0.15) is 0 Å². The highest BCUT2D eigenvalue weighted by Gasteiger charge is 2.27. The Morgan fingerprint density at radius 2 is 1.75 bits per heavy atom. The second kappa shape index (κ2) is 7.23. The minimum atomic E-state index is -4.82. The third kappa shape index (κ3) is 4.49. The summed E-state index contributed by atoms with van der Waals surface area (Å²) in [5.74, 6) is -0.820. The van der Waals surface area contributed by atoms with Crippen LogP contribution in [0.5, 0.6) is 17.2 Å². The minimum Gasteiger partial charge on any atom is -0.508 e. The first-order valence-corrected chi connectivity index (χ1v) is 8.79. The van der Waals surface area contributed by atoms with Gasteiger partial charge in [0, 0.05) is 11.5 Å². The summed E-state index contributed by atoms with van der Waals surface area (Å²) in [5, 5.41) is 30.0. The van der Waals surface area contributed by atoms with E-state index in [2.05, 4.69) is 4.52 Å². The number of aliphatic hydroxyl groups excluding tert-OH is 1. The van der Waals surface area contributed by atoms with Gasteiger partial charge in [-0.3, -0.25) is 9.79 Å². The predicted molar refractivity (Wildman–Crippen MR) is 86.9 cm³/mol. The molecule has 0 bridgehead atoms. The predicted octanol–water partition coefficient (Wildman–Crippen LogP) is 2.80. The number of hydrogen-bond donors (Lipinski definition) is 5. The van der Waals surface area contributed by atoms with Crippen LogP contribution in [0, 0.1) is 0 Å². The van der Waals surface area contributed by atoms with Gasteiger partial charge in [0.1, 0.15) is 17.2 Å². The molecule has 7 nitrogen and oxygen atoms in total. The van der Waals surface area contributed by atoms with E-state index in [1.807, 2.05) is 6.92 Å². The maximum absolute atomic E-state index is 11.1. The first kappa shape index (κ1) is 18.3. The average molecular weight is 354 g/mol. The molecule has 2 atom stereocenters. The van der Waals surface area contributed by atoms with E-state index in [0.717, 1.165) is 0 Å². The highest BCUT2D eigenvalue weighted by molar-refractivity contribution is 7.46. The van der Waals surface area contributed by atoms with E-state index in [0.29, 0.717) is 12.0 Å². The Morgan fingerprint density at radius 1 is 1.08 bits per heavy atom. The molecular formula is C16H19O7P. The summed E-state index contributed by atoms with van der Waals surface area (Å²) in [5.41, 5.74) is 0.698. The number of phenolic OH excluding ortho intramolecular Hbond substituents is 2. The van der Waals surface area contributed by atoms with Crippen molar-refractivity contribution in [3.8, 4) is 17.2 Å². The van der Waals surface area contributed by atoms with E-state index >= 15 is 0 Å². The SMILES string of the molecule is CCC(c1cccc(O)c1)C(O)c1cc(O)ccc1OP(=O)(O)O. The van der Waals surface area contributed by atoms with Crippen LogP contribution >= 0.6 is 7.82 Å². The number of benzene rings is 2. The third-order valence-electron chi connectivity index (χ3n) is 3.65. The quantitative estimate of drug-likeness (QED) is 0.505. The van der Waals surface area contributed by atoms with Gasteiger partial charge in [-0.25, -0.2) is 4.57 Å². The van der Waals surface area contributed by atoms with E-state index in [4.69, 9.17) is 9.79 Å². The van der Waals surface area contributed by atoms with Crippen molar-refractivity contribution >= 4 is 7.82 Å². The molecule has 0 heterocycles. The van der Waals surface area contributed by atoms with Gasteiger partial charge in [0.15, 0.2) is 0 Å². The van der Waals surface area contributed by atoms with Crippen molar-refractivity contribution < 1.29 is 34.2 Å². The number of phenols is 2. The number of phosphoric ester groups is 1. The molecule has 8 heteroatoms. The van der Waals surface area contributed by atoms with Crippen LogP contribution in [0.1, 0.15) is 36.5 Å². The van der Waals surface area contributed by atoms with Crippen molar-refractivity contribution in [2.45, 2.75) is 25.4 Å². The zero-order valence-corrected chi connectivity index (χ0v) is 13.8. The first-order chi connectivity index (χ1) is 11.2. The van der Waals surface area contributed by atoms with E-state index < -0.39 is 19.8 Å². The van der Waals surface area contributed by atoms with Gasteiger partial charge in [-0.1, -0.05) is 19.1 Å². The van der Waals surface area contributed by atoms with Gasteiger partial charge in [0.2, 0.25) is 0 Å². The standard InChI is InChI=1S/C16H19O7P/c1-2-13(10-4-3-5-11(17)8-10)16(19)14-9-12(18)6-7-15(14)23-24(20,21)22/h3-9,13,16-19H,2H2,1H3,(H2,20,21,22). The molecule has 0 aliphatic rings. The molecule has 0 aliphatic heterocycles. The van der Waals surface area contributed by atoms with Crippen LogP contribution in [-0.4, -0.2) is 25.1 Å². The summed E-state index contributed by atoms with van der Waals surface area (Å²) in [6.07, 6.45) is -0.722. The highest BCUT2D eigenvalue weighted by Crippen LogP contribution is 2.45. The summed E-state index contributed by atoms with van der Waals surface area (Å²) in [7, 11) is -4.82. The largest absolute Gasteiger partial charge is 0.524 e. The van der Waals surface area contributed by atoms with Crippen molar-refractivity contribution in [3.05, 3.63) is 53.6 Å². The number of phosphoric acid groups is 1. The highest BCUT2D eigenvalue weighted by atomic mass is 31.2. The van der Waals surface area contributed by atoms with Crippen LogP contribution in [0.25, 0.3) is 0 Å². The van der Waals surface area contributed by atoms with Crippen LogP contribution in [0.2, 0.25) is 0 Å². The van der Waals surface area contributed by atoms with Crippen LogP contribution in [0.15, 0.2) is 42.5 Å². The van der Waals surface area contributed by atoms with Gasteiger partial charge in [0.05, 0.1) is 6.10 Å². The van der Waals surface area contributed by atoms with Crippen molar-refractivity contribution in [2.24, 2.45) is 0 Å². The summed E-state index contributed by atoms with van der Waals surface area (Å²) < 4.78 is 15.7. The first-order valence-electron chi connectivity index (χ1n) is 7.26. The van der Waals surface area contributed by atoms with E-state index in [9.17, 15) is 19.9 Å². The molecule has 2 unspecified atom stereocenters. The lowest BCUT2D eigenvalue weighted by atomic mass is 9.86. The van der Waals surface area contributed by atoms with Crippen LogP contribution < -0.4 is 4.52 Å². The van der Waals surface area contributed by atoms with Crippen molar-refractivity contribution in [3.63, 3.8) is 0 Å². The number of hydrogen-bond acceptors (Lipinski definition) is 5. The molecule has 0 saturated heterocycles. The molecule has 2 aromatic carbocycles. The van der Waals surface area contributed by atoms with E-state index in [1.165, 1.54) is 30.3 Å². The Morgan fingerprint density at radius 3 is 2.33 bits per heavy atom. The molecule has 0 aliphatic carbocycles. The van der Waals surface area contributed by atoms with Crippen molar-refractivity contribution in [1.82, 2.24) is 0 Å². The zero-order chi connectivity index (χ0) is 17.9. The molecule has 0 fully saturated rings. The maximum atomic E-state index is 11.1. The van der Waals surface area contributed by atoms with E-state index in [1.54, 1.807) is 12.1 Å². The summed E-state index contributed by atoms with van der Waals surface area (Å²) in [6, 6.07) is 9.95. The van der Waals surface area contributed by atoms with Crippen LogP contribution in [-0.2, 0) is 4.57 Å². The number of aliphatic hydroxyl groups is 1. The molecule has 5 N–H and O–H groups in total. The lowest BCUT2D eigenvalue weighted by Gasteiger charge is -2.24. The average Bonchev–Trinajstić information content (AvgIpc) is 2.48. The van der Waals surface area contributed by atoms with Gasteiger partial charge in [-0.15, -0.1) is 0 Å². The molecular weight excluding hydrogens is 335 g/mol. The van der Waals surface area contributed by atoms with Gasteiger partial charge >= 0.3 is 7.82 Å². The summed E-state index contributed by atoms with van der Waals surface area (Å²) in [6.45, 7) is 1.82. The molecule has 2 rings (SSSR count). The smallest absolute Gasteiger partial charge is 0.508 e. The molecule has 0 amide bonds. The second-order valence-corrected chi connectivity index (χ2v) is 6.52. The number of aromatic hydroxyl groups is 2. The topological polar surface area (TPSA) is 127 Å². The minimum absolute atomic E-state index is 0.0424. The molecule has 130 valence electrons. The van der Waals surface area contributed by atoms with Crippen molar-refractivity contribution in [1.29, 1.82) is 0 Å². The zero-order valence-electron chi connectivity index (χ0n) is 12.9. The molecule has 24 heavy (non-hydrogen) atoms. The maximum Gasteiger partial charge on any atom is 0.524 e. The molecule has 0 saturated carbocycles. The molecule has 2 aromatic rings. The monoisotopic (exact) mass is 354 g/mol. The summed E-state index contributed by atoms with van der Waals surface area (Å²) in [4.78, 5) is 18.0. The fraction of sp³-hybridized carbons (Fsp3) is 0.250. The van der Waals surface area contributed by atoms with Crippen LogP contribution in [0.4, 0.5) is 0 Å². The van der Waals surface area contributed by atoms with Gasteiger partial charge < -0.3 is 19.8 Å². The molecule has 0 radical (unpaired) electrons. The van der Waals surface area contributed by atoms with Gasteiger partial charge in [-0.05, 0) is 42.3 Å². The third-order valence-corrected chi connectivity index (χ3v) is 4.08. The Balaban J connectivity index is 2.44. The fourth-order valence-corrected chi connectivity index (χ4v) is 3.01. The Kier molecular flexibility index (Phi) is 5.51. The molecule has 0 spiro atoms. The fourth-order valence-electron chi connectivity index (χ4n) is 2.59. The van der Waals surface area contributed by atoms with E-state index in [-0.39, 0.29) is 22.8 Å².